The van der Waals surface area contributed by atoms with Gasteiger partial charge < -0.3 is 10.1 Å². The first-order valence-corrected chi connectivity index (χ1v) is 6.17. The summed E-state index contributed by atoms with van der Waals surface area (Å²) in [5, 5.41) is 2.88. The van der Waals surface area contributed by atoms with Crippen LogP contribution in [0.2, 0.25) is 0 Å². The van der Waals surface area contributed by atoms with Crippen LogP contribution in [-0.2, 0) is 11.2 Å². The monoisotopic (exact) mass is 255 g/mol. The van der Waals surface area contributed by atoms with Crippen molar-refractivity contribution in [3.05, 3.63) is 59.7 Å². The van der Waals surface area contributed by atoms with Gasteiger partial charge in [-0.2, -0.15) is 0 Å². The average Bonchev–Trinajstić information content (AvgIpc) is 2.41. The van der Waals surface area contributed by atoms with Gasteiger partial charge in [0.25, 0.3) is 0 Å². The molecule has 0 aliphatic carbocycles. The molecule has 0 saturated carbocycles. The second-order valence-corrected chi connectivity index (χ2v) is 4.44. The Bertz CT molecular complexity index is 561. The fourth-order valence-corrected chi connectivity index (χ4v) is 1.81. The fourth-order valence-electron chi connectivity index (χ4n) is 1.81. The van der Waals surface area contributed by atoms with E-state index < -0.39 is 0 Å². The molecule has 3 nitrogen and oxygen atoms in total. The van der Waals surface area contributed by atoms with Crippen LogP contribution in [0, 0.1) is 6.92 Å². The molecule has 1 amide bonds. The lowest BCUT2D eigenvalue weighted by Crippen LogP contribution is -2.14. The van der Waals surface area contributed by atoms with Crippen molar-refractivity contribution < 1.29 is 9.53 Å². The number of nitrogens with one attached hydrogen (secondary N) is 1. The van der Waals surface area contributed by atoms with Crippen LogP contribution >= 0.6 is 0 Å². The highest BCUT2D eigenvalue weighted by Crippen LogP contribution is 2.14. The topological polar surface area (TPSA) is 38.3 Å². The lowest BCUT2D eigenvalue weighted by atomic mass is 10.1. The Balaban J connectivity index is 1.99. The zero-order valence-corrected chi connectivity index (χ0v) is 11.1. The van der Waals surface area contributed by atoms with Gasteiger partial charge in [0, 0.05) is 5.69 Å². The molecular formula is C16H17NO2. The van der Waals surface area contributed by atoms with Crippen LogP contribution in [0.25, 0.3) is 0 Å². The third kappa shape index (κ3) is 3.85. The summed E-state index contributed by atoms with van der Waals surface area (Å²) in [6.07, 6.45) is 0.338. The highest BCUT2D eigenvalue weighted by atomic mass is 16.5. The maximum absolute atomic E-state index is 11.9. The van der Waals surface area contributed by atoms with Gasteiger partial charge in [-0.15, -0.1) is 0 Å². The lowest BCUT2D eigenvalue weighted by molar-refractivity contribution is -0.115. The van der Waals surface area contributed by atoms with E-state index in [0.29, 0.717) is 6.42 Å². The first kappa shape index (κ1) is 13.1. The number of hydrogen-bond acceptors (Lipinski definition) is 2. The second-order valence-electron chi connectivity index (χ2n) is 4.44. The van der Waals surface area contributed by atoms with Gasteiger partial charge in [0.2, 0.25) is 5.91 Å². The van der Waals surface area contributed by atoms with Crippen LogP contribution in [0.4, 0.5) is 5.69 Å². The highest BCUT2D eigenvalue weighted by Gasteiger charge is 2.04. The van der Waals surface area contributed by atoms with Crippen molar-refractivity contribution in [1.82, 2.24) is 0 Å². The third-order valence-corrected chi connectivity index (χ3v) is 2.83. The predicted molar refractivity (Wildman–Crippen MR) is 76.5 cm³/mol. The molecular weight excluding hydrogens is 238 g/mol. The van der Waals surface area contributed by atoms with Gasteiger partial charge in [0.15, 0.2) is 0 Å². The van der Waals surface area contributed by atoms with Gasteiger partial charge in [-0.25, -0.2) is 0 Å². The molecule has 0 saturated heterocycles. The molecule has 0 radical (unpaired) electrons. The molecule has 0 aromatic heterocycles. The minimum absolute atomic E-state index is 0.0305. The number of carbonyl (C=O) groups is 1. The molecule has 0 bridgehead atoms. The summed E-state index contributed by atoms with van der Waals surface area (Å²) in [5.41, 5.74) is 2.92. The second kappa shape index (κ2) is 6.05. The minimum atomic E-state index is -0.0305. The molecule has 2 aromatic carbocycles. The summed E-state index contributed by atoms with van der Waals surface area (Å²) in [6.45, 7) is 2.02. The van der Waals surface area contributed by atoms with E-state index >= 15 is 0 Å². The number of ether oxygens (including phenoxy) is 1. The van der Waals surface area contributed by atoms with Gasteiger partial charge in [0.1, 0.15) is 5.75 Å². The van der Waals surface area contributed by atoms with Gasteiger partial charge in [-0.1, -0.05) is 29.8 Å². The van der Waals surface area contributed by atoms with Crippen LogP contribution < -0.4 is 10.1 Å². The summed E-state index contributed by atoms with van der Waals surface area (Å²) < 4.78 is 5.14. The van der Waals surface area contributed by atoms with Crippen LogP contribution in [0.1, 0.15) is 11.1 Å². The summed E-state index contributed by atoms with van der Waals surface area (Å²) in [6, 6.07) is 15.3. The largest absolute Gasteiger partial charge is 0.497 e. The van der Waals surface area contributed by atoms with Crippen molar-refractivity contribution in [2.24, 2.45) is 0 Å². The molecule has 0 spiro atoms. The normalized spacial score (nSPS) is 10.0. The van der Waals surface area contributed by atoms with E-state index in [2.05, 4.69) is 5.32 Å². The molecule has 1 N–H and O–H groups in total. The summed E-state index contributed by atoms with van der Waals surface area (Å²) >= 11 is 0. The Kier molecular flexibility index (Phi) is 4.18. The van der Waals surface area contributed by atoms with E-state index in [4.69, 9.17) is 4.74 Å². The zero-order valence-electron chi connectivity index (χ0n) is 11.1. The van der Waals surface area contributed by atoms with Crippen LogP contribution in [0.3, 0.4) is 0 Å². The maximum atomic E-state index is 11.9. The Morgan fingerprint density at radius 3 is 2.58 bits per heavy atom. The number of hydrogen-bond donors (Lipinski definition) is 1. The Hall–Kier alpha value is -2.29. The Morgan fingerprint density at radius 1 is 1.16 bits per heavy atom. The highest BCUT2D eigenvalue weighted by molar-refractivity contribution is 5.92. The number of carbonyl (C=O) groups excluding carboxylic acids is 1. The molecule has 2 rings (SSSR count). The number of amides is 1. The van der Waals surface area contributed by atoms with Gasteiger partial charge in [0.05, 0.1) is 13.5 Å². The molecule has 98 valence electrons. The molecule has 0 atom stereocenters. The average molecular weight is 255 g/mol. The Morgan fingerprint density at radius 2 is 1.89 bits per heavy atom. The maximum Gasteiger partial charge on any atom is 0.228 e. The Labute approximate surface area is 113 Å². The van der Waals surface area contributed by atoms with Crippen molar-refractivity contribution in [2.45, 2.75) is 13.3 Å². The molecule has 0 fully saturated rings. The van der Waals surface area contributed by atoms with Gasteiger partial charge in [-0.05, 0) is 36.8 Å². The molecule has 3 heteroatoms. The minimum Gasteiger partial charge on any atom is -0.497 e. The third-order valence-electron chi connectivity index (χ3n) is 2.83. The standard InChI is InChI=1S/C16H17NO2/c1-12-6-8-14(9-7-12)17-16(18)11-13-4-3-5-15(10-13)19-2/h3-10H,11H2,1-2H3,(H,17,18). The molecule has 19 heavy (non-hydrogen) atoms. The number of rotatable bonds is 4. The number of aryl methyl sites for hydroxylation is 1. The SMILES string of the molecule is COc1cccc(CC(=O)Nc2ccc(C)cc2)c1. The van der Waals surface area contributed by atoms with Crippen LogP contribution in [0.5, 0.6) is 5.75 Å². The first-order chi connectivity index (χ1) is 9.17. The molecule has 2 aromatic rings. The van der Waals surface area contributed by atoms with E-state index in [1.54, 1.807) is 7.11 Å². The van der Waals surface area contributed by atoms with E-state index in [9.17, 15) is 4.79 Å². The predicted octanol–water partition coefficient (Wildman–Crippen LogP) is 3.18. The summed E-state index contributed by atoms with van der Waals surface area (Å²) in [4.78, 5) is 11.9. The van der Waals surface area contributed by atoms with Gasteiger partial charge in [-0.3, -0.25) is 4.79 Å². The quantitative estimate of drug-likeness (QED) is 0.911. The molecule has 0 aliphatic heterocycles. The van der Waals surface area contributed by atoms with E-state index in [1.807, 2.05) is 55.5 Å². The number of benzene rings is 2. The van der Waals surface area contributed by atoms with Crippen molar-refractivity contribution in [1.29, 1.82) is 0 Å². The van der Waals surface area contributed by atoms with Crippen molar-refractivity contribution in [3.8, 4) is 5.75 Å². The van der Waals surface area contributed by atoms with Gasteiger partial charge >= 0.3 is 0 Å². The zero-order chi connectivity index (χ0) is 13.7. The van der Waals surface area contributed by atoms with E-state index in [-0.39, 0.29) is 5.91 Å². The van der Waals surface area contributed by atoms with Crippen molar-refractivity contribution in [2.75, 3.05) is 12.4 Å². The molecule has 0 heterocycles. The van der Waals surface area contributed by atoms with Crippen LogP contribution in [0.15, 0.2) is 48.5 Å². The van der Waals surface area contributed by atoms with Crippen molar-refractivity contribution in [3.63, 3.8) is 0 Å². The first-order valence-electron chi connectivity index (χ1n) is 6.17. The van der Waals surface area contributed by atoms with E-state index in [1.165, 1.54) is 5.56 Å². The summed E-state index contributed by atoms with van der Waals surface area (Å²) in [7, 11) is 1.62. The molecule has 0 unspecified atom stereocenters. The number of methoxy groups -OCH3 is 1. The smallest absolute Gasteiger partial charge is 0.228 e. The van der Waals surface area contributed by atoms with E-state index in [0.717, 1.165) is 17.0 Å². The lowest BCUT2D eigenvalue weighted by Gasteiger charge is -2.07. The fraction of sp³-hybridized carbons (Fsp3) is 0.188. The summed E-state index contributed by atoms with van der Waals surface area (Å²) in [5.74, 6) is 0.734. The van der Waals surface area contributed by atoms with Crippen molar-refractivity contribution >= 4 is 11.6 Å². The molecule has 0 aliphatic rings. The number of anilines is 1. The van der Waals surface area contributed by atoms with Crippen LogP contribution in [-0.4, -0.2) is 13.0 Å².